The number of nitro benzene ring substituents is 1. The highest BCUT2D eigenvalue weighted by Crippen LogP contribution is 2.23. The van der Waals surface area contributed by atoms with Gasteiger partial charge in [0.2, 0.25) is 5.91 Å². The molecule has 0 bridgehead atoms. The first-order chi connectivity index (χ1) is 12.2. The number of non-ortho nitro benzene ring substituents is 1. The van der Waals surface area contributed by atoms with Crippen LogP contribution in [-0.4, -0.2) is 10.8 Å². The van der Waals surface area contributed by atoms with Gasteiger partial charge < -0.3 is 5.32 Å². The van der Waals surface area contributed by atoms with Crippen molar-refractivity contribution in [3.05, 3.63) is 81.4 Å². The van der Waals surface area contributed by atoms with E-state index < -0.39 is 4.92 Å². The van der Waals surface area contributed by atoms with Gasteiger partial charge in [-0.05, 0) is 47.2 Å². The summed E-state index contributed by atoms with van der Waals surface area (Å²) in [6.07, 6.45) is 3.07. The number of rotatable bonds is 5. The monoisotopic (exact) mass is 352 g/mol. The van der Waals surface area contributed by atoms with Crippen molar-refractivity contribution in [3.8, 4) is 0 Å². The van der Waals surface area contributed by atoms with Crippen molar-refractivity contribution in [1.82, 2.24) is 5.32 Å². The van der Waals surface area contributed by atoms with E-state index in [0.29, 0.717) is 0 Å². The van der Waals surface area contributed by atoms with E-state index in [9.17, 15) is 14.9 Å². The first-order valence-electron chi connectivity index (χ1n) is 8.50. The molecule has 5 heteroatoms. The molecule has 136 valence electrons. The molecule has 5 nitrogen and oxygen atoms in total. The normalized spacial score (nSPS) is 12.8. The van der Waals surface area contributed by atoms with Gasteiger partial charge in [-0.25, -0.2) is 0 Å². The molecule has 26 heavy (non-hydrogen) atoms. The van der Waals surface area contributed by atoms with Crippen LogP contribution in [0.5, 0.6) is 0 Å². The zero-order valence-electron chi connectivity index (χ0n) is 15.5. The van der Waals surface area contributed by atoms with Gasteiger partial charge in [0, 0.05) is 18.2 Å². The molecule has 0 fully saturated rings. The number of hydrogen-bond acceptors (Lipinski definition) is 3. The van der Waals surface area contributed by atoms with Gasteiger partial charge >= 0.3 is 0 Å². The predicted molar refractivity (Wildman–Crippen MR) is 104 cm³/mol. The predicted octanol–water partition coefficient (Wildman–Crippen LogP) is 4.78. The Labute approximate surface area is 153 Å². The molecule has 0 heterocycles. The van der Waals surface area contributed by atoms with Crippen molar-refractivity contribution in [2.75, 3.05) is 0 Å². The lowest BCUT2D eigenvalue weighted by molar-refractivity contribution is -0.384. The van der Waals surface area contributed by atoms with Crippen molar-refractivity contribution >= 4 is 17.7 Å². The summed E-state index contributed by atoms with van der Waals surface area (Å²) in [5, 5.41) is 13.6. The van der Waals surface area contributed by atoms with Crippen LogP contribution < -0.4 is 5.32 Å². The lowest BCUT2D eigenvalue weighted by Crippen LogP contribution is -2.24. The fourth-order valence-corrected chi connectivity index (χ4v) is 2.50. The molecule has 0 unspecified atom stereocenters. The van der Waals surface area contributed by atoms with E-state index in [0.717, 1.165) is 11.1 Å². The third-order valence-corrected chi connectivity index (χ3v) is 4.17. The topological polar surface area (TPSA) is 72.2 Å². The van der Waals surface area contributed by atoms with Gasteiger partial charge in [0.05, 0.1) is 11.0 Å². The second-order valence-corrected chi connectivity index (χ2v) is 7.28. The highest BCUT2D eigenvalue weighted by Gasteiger charge is 2.14. The van der Waals surface area contributed by atoms with Crippen LogP contribution in [0.25, 0.3) is 6.08 Å². The van der Waals surface area contributed by atoms with Crippen LogP contribution >= 0.6 is 0 Å². The van der Waals surface area contributed by atoms with E-state index in [1.807, 2.05) is 19.1 Å². The molecule has 2 aromatic rings. The summed E-state index contributed by atoms with van der Waals surface area (Å²) in [4.78, 5) is 22.3. The summed E-state index contributed by atoms with van der Waals surface area (Å²) < 4.78 is 0. The smallest absolute Gasteiger partial charge is 0.269 e. The maximum Gasteiger partial charge on any atom is 0.269 e. The lowest BCUT2D eigenvalue weighted by atomic mass is 9.86. The molecule has 0 radical (unpaired) electrons. The molecule has 1 N–H and O–H groups in total. The summed E-state index contributed by atoms with van der Waals surface area (Å²) in [5.41, 5.74) is 3.14. The molecule has 0 aromatic heterocycles. The van der Waals surface area contributed by atoms with Crippen molar-refractivity contribution in [2.24, 2.45) is 0 Å². The zero-order valence-corrected chi connectivity index (χ0v) is 15.5. The van der Waals surface area contributed by atoms with Crippen LogP contribution in [0.1, 0.15) is 50.4 Å². The highest BCUT2D eigenvalue weighted by molar-refractivity contribution is 5.92. The van der Waals surface area contributed by atoms with Gasteiger partial charge in [0.25, 0.3) is 5.69 Å². The third kappa shape index (κ3) is 5.28. The summed E-state index contributed by atoms with van der Waals surface area (Å²) in [7, 11) is 0. The largest absolute Gasteiger partial charge is 0.346 e. The average Bonchev–Trinajstić information content (AvgIpc) is 2.59. The van der Waals surface area contributed by atoms with Crippen molar-refractivity contribution in [3.63, 3.8) is 0 Å². The maximum absolute atomic E-state index is 12.1. The van der Waals surface area contributed by atoms with Crippen LogP contribution in [0.2, 0.25) is 0 Å². The summed E-state index contributed by atoms with van der Waals surface area (Å²) in [6.45, 7) is 8.42. The first-order valence-corrected chi connectivity index (χ1v) is 8.50. The molecule has 0 aliphatic carbocycles. The molecule has 2 rings (SSSR count). The van der Waals surface area contributed by atoms with Gasteiger partial charge in [-0.3, -0.25) is 14.9 Å². The van der Waals surface area contributed by atoms with Crippen LogP contribution in [0, 0.1) is 10.1 Å². The maximum atomic E-state index is 12.1. The Morgan fingerprint density at radius 1 is 1.08 bits per heavy atom. The summed E-state index contributed by atoms with van der Waals surface area (Å²) in [6, 6.07) is 14.2. The average molecular weight is 352 g/mol. The van der Waals surface area contributed by atoms with E-state index in [4.69, 9.17) is 0 Å². The van der Waals surface area contributed by atoms with Gasteiger partial charge in [-0.15, -0.1) is 0 Å². The molecule has 0 aliphatic rings. The van der Waals surface area contributed by atoms with E-state index in [1.54, 1.807) is 18.2 Å². The summed E-state index contributed by atoms with van der Waals surface area (Å²) >= 11 is 0. The number of hydrogen-bond donors (Lipinski definition) is 1. The summed E-state index contributed by atoms with van der Waals surface area (Å²) in [5.74, 6) is -0.212. The van der Waals surface area contributed by atoms with E-state index >= 15 is 0 Å². The van der Waals surface area contributed by atoms with Crippen LogP contribution in [0.15, 0.2) is 54.6 Å². The van der Waals surface area contributed by atoms with Gasteiger partial charge in [0.1, 0.15) is 0 Å². The van der Waals surface area contributed by atoms with E-state index in [2.05, 4.69) is 38.2 Å². The Balaban J connectivity index is 1.97. The molecule has 0 aliphatic heterocycles. The first kappa shape index (κ1) is 19.4. The molecule has 2 aromatic carbocycles. The fourth-order valence-electron chi connectivity index (χ4n) is 2.50. The quantitative estimate of drug-likeness (QED) is 0.478. The van der Waals surface area contributed by atoms with Gasteiger partial charge in [-0.2, -0.15) is 0 Å². The third-order valence-electron chi connectivity index (χ3n) is 4.17. The molecular formula is C21H24N2O3. The van der Waals surface area contributed by atoms with E-state index in [-0.39, 0.29) is 23.1 Å². The lowest BCUT2D eigenvalue weighted by Gasteiger charge is -2.20. The number of nitrogens with zero attached hydrogens (tertiary/aromatic N) is 1. The van der Waals surface area contributed by atoms with Crippen LogP contribution in [-0.2, 0) is 10.2 Å². The minimum absolute atomic E-state index is 0.0268. The number of carbonyl (C=O) groups excluding carboxylic acids is 1. The van der Waals surface area contributed by atoms with Crippen molar-refractivity contribution < 1.29 is 9.72 Å². The second kappa shape index (κ2) is 7.95. The van der Waals surface area contributed by atoms with Gasteiger partial charge in [-0.1, -0.05) is 45.0 Å². The Morgan fingerprint density at radius 3 is 2.15 bits per heavy atom. The minimum Gasteiger partial charge on any atom is -0.346 e. The minimum atomic E-state index is -0.452. The fraction of sp³-hybridized carbons (Fsp3) is 0.286. The highest BCUT2D eigenvalue weighted by atomic mass is 16.6. The molecule has 0 saturated heterocycles. The Hall–Kier alpha value is -2.95. The SMILES string of the molecule is C[C@@H](NC(=O)/C=C/c1ccc([N+](=O)[O-])cc1)c1ccc(C(C)(C)C)cc1. The molecular weight excluding hydrogens is 328 g/mol. The second-order valence-electron chi connectivity index (χ2n) is 7.28. The van der Waals surface area contributed by atoms with E-state index in [1.165, 1.54) is 23.8 Å². The number of amides is 1. The number of carbonyl (C=O) groups is 1. The standard InChI is InChI=1S/C21H24N2O3/c1-15(17-8-10-18(11-9-17)21(2,3)4)22-20(24)14-7-16-5-12-19(13-6-16)23(25)26/h5-15H,1-4H3,(H,22,24)/b14-7+/t15-/m1/s1. The molecule has 0 saturated carbocycles. The molecule has 1 amide bonds. The Kier molecular flexibility index (Phi) is 5.93. The molecule has 0 spiro atoms. The number of benzene rings is 2. The molecule has 1 atom stereocenters. The van der Waals surface area contributed by atoms with Gasteiger partial charge in [0.15, 0.2) is 0 Å². The zero-order chi connectivity index (χ0) is 19.3. The van der Waals surface area contributed by atoms with Crippen molar-refractivity contribution in [1.29, 1.82) is 0 Å². The van der Waals surface area contributed by atoms with Crippen LogP contribution in [0.3, 0.4) is 0 Å². The Morgan fingerprint density at radius 2 is 1.65 bits per heavy atom. The Bertz CT molecular complexity index is 801. The van der Waals surface area contributed by atoms with Crippen LogP contribution in [0.4, 0.5) is 5.69 Å². The number of nitro groups is 1. The number of nitrogens with one attached hydrogen (secondary N) is 1. The van der Waals surface area contributed by atoms with Crippen molar-refractivity contribution in [2.45, 2.75) is 39.2 Å².